The lowest BCUT2D eigenvalue weighted by atomic mass is 10.1. The monoisotopic (exact) mass is 348 g/mol. The van der Waals surface area contributed by atoms with Gasteiger partial charge in [0.25, 0.3) is 5.91 Å². The van der Waals surface area contributed by atoms with Crippen molar-refractivity contribution in [1.82, 2.24) is 20.4 Å². The Morgan fingerprint density at radius 1 is 1.48 bits per heavy atom. The molecule has 1 atom stereocenters. The third-order valence-electron chi connectivity index (χ3n) is 3.55. The number of nitrogens with one attached hydrogen (secondary N) is 2. The highest BCUT2D eigenvalue weighted by Crippen LogP contribution is 2.15. The Kier molecular flexibility index (Phi) is 4.36. The third kappa shape index (κ3) is 3.51. The first kappa shape index (κ1) is 14.3. The Labute approximate surface area is 131 Å². The van der Waals surface area contributed by atoms with Crippen LogP contribution in [0.25, 0.3) is 5.69 Å². The summed E-state index contributed by atoms with van der Waals surface area (Å²) in [7, 11) is 0. The molecule has 21 heavy (non-hydrogen) atoms. The predicted molar refractivity (Wildman–Crippen MR) is 84.6 cm³/mol. The van der Waals surface area contributed by atoms with Gasteiger partial charge in [-0.15, -0.1) is 0 Å². The summed E-state index contributed by atoms with van der Waals surface area (Å²) in [4.78, 5) is 12.2. The zero-order chi connectivity index (χ0) is 14.7. The summed E-state index contributed by atoms with van der Waals surface area (Å²) in [5, 5.41) is 10.6. The molecule has 110 valence electrons. The fourth-order valence-corrected chi connectivity index (χ4v) is 2.83. The number of amides is 1. The zero-order valence-electron chi connectivity index (χ0n) is 11.6. The highest BCUT2D eigenvalue weighted by atomic mass is 79.9. The second-order valence-corrected chi connectivity index (χ2v) is 6.09. The van der Waals surface area contributed by atoms with Crippen molar-refractivity contribution in [3.63, 3.8) is 0 Å². The molecule has 6 heteroatoms. The summed E-state index contributed by atoms with van der Waals surface area (Å²) < 4.78 is 2.69. The topological polar surface area (TPSA) is 59.0 Å². The standard InChI is InChI=1S/C15H17BrN4O/c16-12-3-1-5-14(7-12)20-10-11(8-18-20)15(21)19-13-4-2-6-17-9-13/h1,3,5,7-8,10,13,17H,2,4,6,9H2,(H,19,21)/t13-/m0/s1. The first-order valence-electron chi connectivity index (χ1n) is 7.04. The van der Waals surface area contributed by atoms with Gasteiger partial charge in [0.1, 0.15) is 0 Å². The molecule has 0 bridgehead atoms. The lowest BCUT2D eigenvalue weighted by Crippen LogP contribution is -2.45. The van der Waals surface area contributed by atoms with Crippen LogP contribution in [0.3, 0.4) is 0 Å². The number of carbonyl (C=O) groups is 1. The molecular weight excluding hydrogens is 332 g/mol. The van der Waals surface area contributed by atoms with Crippen molar-refractivity contribution in [3.05, 3.63) is 46.7 Å². The van der Waals surface area contributed by atoms with Crippen molar-refractivity contribution in [2.75, 3.05) is 13.1 Å². The average Bonchev–Trinajstić information content (AvgIpc) is 2.98. The molecular formula is C15H17BrN4O. The van der Waals surface area contributed by atoms with E-state index in [-0.39, 0.29) is 11.9 Å². The predicted octanol–water partition coefficient (Wildman–Crippen LogP) is 2.12. The SMILES string of the molecule is O=C(N[C@H]1CCCNC1)c1cnn(-c2cccc(Br)c2)c1. The molecule has 2 N–H and O–H groups in total. The fourth-order valence-electron chi connectivity index (χ4n) is 2.44. The number of benzene rings is 1. The number of carbonyl (C=O) groups excluding carboxylic acids is 1. The Hall–Kier alpha value is -1.66. The first-order chi connectivity index (χ1) is 10.2. The molecule has 1 saturated heterocycles. The van der Waals surface area contributed by atoms with Crippen LogP contribution >= 0.6 is 15.9 Å². The Morgan fingerprint density at radius 2 is 2.38 bits per heavy atom. The highest BCUT2D eigenvalue weighted by molar-refractivity contribution is 9.10. The largest absolute Gasteiger partial charge is 0.348 e. The van der Waals surface area contributed by atoms with Crippen LogP contribution in [0.2, 0.25) is 0 Å². The second-order valence-electron chi connectivity index (χ2n) is 5.17. The molecule has 1 aliphatic heterocycles. The van der Waals surface area contributed by atoms with E-state index in [2.05, 4.69) is 31.7 Å². The molecule has 1 amide bonds. The summed E-state index contributed by atoms with van der Waals surface area (Å²) in [6, 6.07) is 8.01. The van der Waals surface area contributed by atoms with Crippen LogP contribution in [0.1, 0.15) is 23.2 Å². The summed E-state index contributed by atoms with van der Waals surface area (Å²) in [5.74, 6) is -0.0649. The van der Waals surface area contributed by atoms with E-state index in [1.165, 1.54) is 0 Å². The molecule has 1 fully saturated rings. The normalized spacial score (nSPS) is 18.4. The van der Waals surface area contributed by atoms with Crippen LogP contribution in [-0.4, -0.2) is 34.8 Å². The molecule has 5 nitrogen and oxygen atoms in total. The van der Waals surface area contributed by atoms with Gasteiger partial charge in [0.05, 0.1) is 17.4 Å². The van der Waals surface area contributed by atoms with Gasteiger partial charge in [-0.05, 0) is 37.6 Å². The van der Waals surface area contributed by atoms with Crippen LogP contribution in [0.4, 0.5) is 0 Å². The van der Waals surface area contributed by atoms with E-state index in [1.54, 1.807) is 17.1 Å². The van der Waals surface area contributed by atoms with Gasteiger partial charge in [0.2, 0.25) is 0 Å². The van der Waals surface area contributed by atoms with Gasteiger partial charge in [-0.2, -0.15) is 5.10 Å². The molecule has 2 aromatic rings. The Morgan fingerprint density at radius 3 is 3.14 bits per heavy atom. The van der Waals surface area contributed by atoms with Gasteiger partial charge in [0.15, 0.2) is 0 Å². The van der Waals surface area contributed by atoms with Gasteiger partial charge in [-0.3, -0.25) is 4.79 Å². The molecule has 1 aromatic heterocycles. The van der Waals surface area contributed by atoms with Crippen molar-refractivity contribution < 1.29 is 4.79 Å². The molecule has 3 rings (SSSR count). The Balaban J connectivity index is 1.70. The molecule has 1 aromatic carbocycles. The van der Waals surface area contributed by atoms with Gasteiger partial charge >= 0.3 is 0 Å². The summed E-state index contributed by atoms with van der Waals surface area (Å²) in [6.07, 6.45) is 5.49. The van der Waals surface area contributed by atoms with Crippen LogP contribution in [0, 0.1) is 0 Å². The number of piperidine rings is 1. The van der Waals surface area contributed by atoms with E-state index in [0.29, 0.717) is 5.56 Å². The average molecular weight is 349 g/mol. The number of aromatic nitrogens is 2. The van der Waals surface area contributed by atoms with Crippen LogP contribution in [0.5, 0.6) is 0 Å². The molecule has 0 spiro atoms. The molecule has 0 saturated carbocycles. The maximum Gasteiger partial charge on any atom is 0.254 e. The number of halogens is 1. The van der Waals surface area contributed by atoms with Crippen molar-refractivity contribution in [2.45, 2.75) is 18.9 Å². The van der Waals surface area contributed by atoms with Gasteiger partial charge in [-0.25, -0.2) is 4.68 Å². The quantitative estimate of drug-likeness (QED) is 0.893. The van der Waals surface area contributed by atoms with Crippen molar-refractivity contribution in [2.24, 2.45) is 0 Å². The lowest BCUT2D eigenvalue weighted by molar-refractivity contribution is 0.0930. The number of nitrogens with zero attached hydrogens (tertiary/aromatic N) is 2. The Bertz CT molecular complexity index is 634. The van der Waals surface area contributed by atoms with Gasteiger partial charge in [0, 0.05) is 23.3 Å². The van der Waals surface area contributed by atoms with Gasteiger partial charge in [-0.1, -0.05) is 22.0 Å². The minimum atomic E-state index is -0.0649. The van der Waals surface area contributed by atoms with Crippen LogP contribution in [0.15, 0.2) is 41.1 Å². The van der Waals surface area contributed by atoms with Crippen molar-refractivity contribution in [3.8, 4) is 5.69 Å². The molecule has 1 aliphatic rings. The number of rotatable bonds is 3. The van der Waals surface area contributed by atoms with Crippen LogP contribution < -0.4 is 10.6 Å². The lowest BCUT2D eigenvalue weighted by Gasteiger charge is -2.23. The number of hydrogen-bond donors (Lipinski definition) is 2. The maximum atomic E-state index is 12.2. The van der Waals surface area contributed by atoms with E-state index in [0.717, 1.165) is 36.1 Å². The van der Waals surface area contributed by atoms with E-state index >= 15 is 0 Å². The number of hydrogen-bond acceptors (Lipinski definition) is 3. The minimum absolute atomic E-state index is 0.0649. The fraction of sp³-hybridized carbons (Fsp3) is 0.333. The van der Waals surface area contributed by atoms with E-state index in [4.69, 9.17) is 0 Å². The summed E-state index contributed by atoms with van der Waals surface area (Å²) in [6.45, 7) is 1.87. The van der Waals surface area contributed by atoms with Gasteiger partial charge < -0.3 is 10.6 Å². The van der Waals surface area contributed by atoms with Crippen molar-refractivity contribution >= 4 is 21.8 Å². The first-order valence-corrected chi connectivity index (χ1v) is 7.84. The smallest absolute Gasteiger partial charge is 0.254 e. The maximum absolute atomic E-state index is 12.2. The van der Waals surface area contributed by atoms with E-state index in [1.807, 2.05) is 24.3 Å². The molecule has 0 aliphatic carbocycles. The van der Waals surface area contributed by atoms with Crippen molar-refractivity contribution in [1.29, 1.82) is 0 Å². The molecule has 2 heterocycles. The minimum Gasteiger partial charge on any atom is -0.348 e. The van der Waals surface area contributed by atoms with E-state index in [9.17, 15) is 4.79 Å². The summed E-state index contributed by atoms with van der Waals surface area (Å²) in [5.41, 5.74) is 1.50. The highest BCUT2D eigenvalue weighted by Gasteiger charge is 2.17. The summed E-state index contributed by atoms with van der Waals surface area (Å²) >= 11 is 3.43. The molecule has 0 radical (unpaired) electrons. The third-order valence-corrected chi connectivity index (χ3v) is 4.04. The van der Waals surface area contributed by atoms with Crippen LogP contribution in [-0.2, 0) is 0 Å². The molecule has 0 unspecified atom stereocenters. The van der Waals surface area contributed by atoms with E-state index < -0.39 is 0 Å². The second kappa shape index (κ2) is 6.41. The zero-order valence-corrected chi connectivity index (χ0v) is 13.1.